The first-order valence-corrected chi connectivity index (χ1v) is 5.65. The topological polar surface area (TPSA) is 26.0 Å². The SMILES string of the molecule is NC1CC=C(c2ccc(Cl)s2)CC1. The molecule has 0 fully saturated rings. The zero-order chi connectivity index (χ0) is 9.26. The van der Waals surface area contributed by atoms with E-state index >= 15 is 0 Å². The predicted molar refractivity (Wildman–Crippen MR) is 59.1 cm³/mol. The zero-order valence-corrected chi connectivity index (χ0v) is 8.87. The summed E-state index contributed by atoms with van der Waals surface area (Å²) in [6.07, 6.45) is 5.44. The van der Waals surface area contributed by atoms with Gasteiger partial charge in [-0.1, -0.05) is 17.7 Å². The van der Waals surface area contributed by atoms with Gasteiger partial charge in [-0.2, -0.15) is 0 Å². The fraction of sp³-hybridized carbons (Fsp3) is 0.400. The molecular weight excluding hydrogens is 202 g/mol. The Hall–Kier alpha value is -0.310. The lowest BCUT2D eigenvalue weighted by Crippen LogP contribution is -2.21. The highest BCUT2D eigenvalue weighted by atomic mass is 35.5. The van der Waals surface area contributed by atoms with Gasteiger partial charge in [0.2, 0.25) is 0 Å². The average Bonchev–Trinajstić information content (AvgIpc) is 2.53. The highest BCUT2D eigenvalue weighted by molar-refractivity contribution is 7.17. The quantitative estimate of drug-likeness (QED) is 0.761. The normalized spacial score (nSPS) is 22.9. The van der Waals surface area contributed by atoms with E-state index in [9.17, 15) is 0 Å². The van der Waals surface area contributed by atoms with E-state index in [2.05, 4.69) is 12.1 Å². The molecular formula is C10H12ClNS. The molecule has 0 aliphatic heterocycles. The number of allylic oxidation sites excluding steroid dienone is 1. The second-order valence-electron chi connectivity index (χ2n) is 3.37. The Morgan fingerprint density at radius 3 is 2.85 bits per heavy atom. The first-order chi connectivity index (χ1) is 6.25. The summed E-state index contributed by atoms with van der Waals surface area (Å²) in [5, 5.41) is 0. The van der Waals surface area contributed by atoms with Crippen LogP contribution in [0.4, 0.5) is 0 Å². The summed E-state index contributed by atoms with van der Waals surface area (Å²) in [7, 11) is 0. The van der Waals surface area contributed by atoms with Crippen LogP contribution in [0.3, 0.4) is 0 Å². The van der Waals surface area contributed by atoms with Crippen LogP contribution < -0.4 is 5.73 Å². The number of rotatable bonds is 1. The van der Waals surface area contributed by atoms with Crippen molar-refractivity contribution in [2.45, 2.75) is 25.3 Å². The highest BCUT2D eigenvalue weighted by Gasteiger charge is 2.12. The second-order valence-corrected chi connectivity index (χ2v) is 5.08. The lowest BCUT2D eigenvalue weighted by atomic mass is 9.95. The van der Waals surface area contributed by atoms with Crippen molar-refractivity contribution in [3.8, 4) is 0 Å². The number of halogens is 1. The van der Waals surface area contributed by atoms with Crippen molar-refractivity contribution in [2.75, 3.05) is 0 Å². The number of thiophene rings is 1. The molecule has 1 aromatic heterocycles. The number of hydrogen-bond donors (Lipinski definition) is 1. The first kappa shape index (κ1) is 9.25. The highest BCUT2D eigenvalue weighted by Crippen LogP contribution is 2.32. The summed E-state index contributed by atoms with van der Waals surface area (Å²) < 4.78 is 0.866. The fourth-order valence-electron chi connectivity index (χ4n) is 1.57. The smallest absolute Gasteiger partial charge is 0.0934 e. The summed E-state index contributed by atoms with van der Waals surface area (Å²) in [5.41, 5.74) is 7.23. The monoisotopic (exact) mass is 213 g/mol. The van der Waals surface area contributed by atoms with Crippen LogP contribution in [0, 0.1) is 0 Å². The van der Waals surface area contributed by atoms with Crippen LogP contribution in [-0.4, -0.2) is 6.04 Å². The van der Waals surface area contributed by atoms with Gasteiger partial charge < -0.3 is 5.73 Å². The number of hydrogen-bond acceptors (Lipinski definition) is 2. The van der Waals surface area contributed by atoms with Gasteiger partial charge in [-0.3, -0.25) is 0 Å². The van der Waals surface area contributed by atoms with E-state index in [-0.39, 0.29) is 0 Å². The molecule has 0 saturated carbocycles. The maximum absolute atomic E-state index is 5.87. The van der Waals surface area contributed by atoms with E-state index in [4.69, 9.17) is 17.3 Å². The molecule has 3 heteroatoms. The first-order valence-electron chi connectivity index (χ1n) is 4.46. The van der Waals surface area contributed by atoms with E-state index in [1.54, 1.807) is 11.3 Å². The van der Waals surface area contributed by atoms with Crippen molar-refractivity contribution < 1.29 is 0 Å². The Kier molecular flexibility index (Phi) is 2.72. The van der Waals surface area contributed by atoms with E-state index in [1.165, 1.54) is 10.5 Å². The van der Waals surface area contributed by atoms with Crippen LogP contribution in [0.5, 0.6) is 0 Å². The van der Waals surface area contributed by atoms with E-state index in [0.29, 0.717) is 6.04 Å². The Balaban J connectivity index is 2.18. The fourth-order valence-corrected chi connectivity index (χ4v) is 2.68. The number of nitrogens with two attached hydrogens (primary N) is 1. The summed E-state index contributed by atoms with van der Waals surface area (Å²) in [6, 6.07) is 4.41. The molecule has 0 radical (unpaired) electrons. The molecule has 0 spiro atoms. The molecule has 0 bridgehead atoms. The average molecular weight is 214 g/mol. The van der Waals surface area contributed by atoms with Gasteiger partial charge in [-0.15, -0.1) is 11.3 Å². The summed E-state index contributed by atoms with van der Waals surface area (Å²) in [4.78, 5) is 1.30. The van der Waals surface area contributed by atoms with Gasteiger partial charge in [-0.05, 0) is 37.0 Å². The van der Waals surface area contributed by atoms with Gasteiger partial charge in [0.05, 0.1) is 4.34 Å². The molecule has 1 unspecified atom stereocenters. The lowest BCUT2D eigenvalue weighted by molar-refractivity contribution is 0.615. The van der Waals surface area contributed by atoms with Crippen molar-refractivity contribution in [1.29, 1.82) is 0 Å². The van der Waals surface area contributed by atoms with E-state index in [1.807, 2.05) is 6.07 Å². The summed E-state index contributed by atoms with van der Waals surface area (Å²) >= 11 is 7.53. The minimum atomic E-state index is 0.360. The second kappa shape index (κ2) is 3.82. The van der Waals surface area contributed by atoms with Crippen LogP contribution in [0.2, 0.25) is 4.34 Å². The maximum Gasteiger partial charge on any atom is 0.0934 e. The van der Waals surface area contributed by atoms with Crippen molar-refractivity contribution in [1.82, 2.24) is 0 Å². The molecule has 1 nitrogen and oxygen atoms in total. The largest absolute Gasteiger partial charge is 0.327 e. The Morgan fingerprint density at radius 2 is 2.31 bits per heavy atom. The van der Waals surface area contributed by atoms with E-state index < -0.39 is 0 Å². The predicted octanol–water partition coefficient (Wildman–Crippen LogP) is 3.30. The van der Waals surface area contributed by atoms with Crippen molar-refractivity contribution >= 4 is 28.5 Å². The Morgan fingerprint density at radius 1 is 1.46 bits per heavy atom. The van der Waals surface area contributed by atoms with Crippen molar-refractivity contribution in [2.24, 2.45) is 5.73 Å². The molecule has 0 aromatic carbocycles. The molecule has 2 N–H and O–H groups in total. The van der Waals surface area contributed by atoms with Crippen LogP contribution in [-0.2, 0) is 0 Å². The summed E-state index contributed by atoms with van der Waals surface area (Å²) in [5.74, 6) is 0. The Labute approximate surface area is 87.2 Å². The molecule has 0 amide bonds. The van der Waals surface area contributed by atoms with Gasteiger partial charge in [0.1, 0.15) is 0 Å². The third kappa shape index (κ3) is 2.13. The minimum absolute atomic E-state index is 0.360. The van der Waals surface area contributed by atoms with Crippen LogP contribution >= 0.6 is 22.9 Å². The molecule has 70 valence electrons. The molecule has 1 heterocycles. The van der Waals surface area contributed by atoms with Crippen molar-refractivity contribution in [3.05, 3.63) is 27.4 Å². The van der Waals surface area contributed by atoms with Gasteiger partial charge in [0.25, 0.3) is 0 Å². The summed E-state index contributed by atoms with van der Waals surface area (Å²) in [6.45, 7) is 0. The van der Waals surface area contributed by atoms with Crippen molar-refractivity contribution in [3.63, 3.8) is 0 Å². The molecule has 1 aliphatic rings. The van der Waals surface area contributed by atoms with Crippen LogP contribution in [0.25, 0.3) is 5.57 Å². The lowest BCUT2D eigenvalue weighted by Gasteiger charge is -2.16. The van der Waals surface area contributed by atoms with Gasteiger partial charge >= 0.3 is 0 Å². The zero-order valence-electron chi connectivity index (χ0n) is 7.29. The molecule has 1 aliphatic carbocycles. The van der Waals surface area contributed by atoms with Crippen LogP contribution in [0.1, 0.15) is 24.1 Å². The maximum atomic E-state index is 5.87. The molecule has 1 atom stereocenters. The molecule has 1 aromatic rings. The van der Waals surface area contributed by atoms with Gasteiger partial charge in [0, 0.05) is 10.9 Å². The van der Waals surface area contributed by atoms with E-state index in [0.717, 1.165) is 23.6 Å². The molecule has 2 rings (SSSR count). The Bertz CT molecular complexity index is 329. The van der Waals surface area contributed by atoms with Gasteiger partial charge in [0.15, 0.2) is 0 Å². The third-order valence-corrected chi connectivity index (χ3v) is 3.65. The molecule has 0 saturated heterocycles. The third-order valence-electron chi connectivity index (χ3n) is 2.34. The standard InChI is InChI=1S/C10H12ClNS/c11-10-6-5-9(13-10)7-1-3-8(12)4-2-7/h1,5-6,8H,2-4,12H2. The molecule has 13 heavy (non-hydrogen) atoms. The van der Waals surface area contributed by atoms with Gasteiger partial charge in [-0.25, -0.2) is 0 Å². The van der Waals surface area contributed by atoms with Crippen LogP contribution in [0.15, 0.2) is 18.2 Å². The minimum Gasteiger partial charge on any atom is -0.327 e.